The highest BCUT2D eigenvalue weighted by molar-refractivity contribution is 5.88. The molecule has 1 N–H and O–H groups in total. The van der Waals surface area contributed by atoms with Gasteiger partial charge in [-0.05, 0) is 37.6 Å². The number of fused-ring (bicyclic) bond motifs is 1. The molecular formula is C21H18N6. The van der Waals surface area contributed by atoms with Crippen LogP contribution in [0.5, 0.6) is 0 Å². The molecule has 2 aromatic heterocycles. The lowest BCUT2D eigenvalue weighted by Gasteiger charge is -2.11. The van der Waals surface area contributed by atoms with Crippen molar-refractivity contribution in [3.8, 4) is 12.0 Å². The molecule has 0 amide bonds. The summed E-state index contributed by atoms with van der Waals surface area (Å²) in [7, 11) is 0. The zero-order valence-corrected chi connectivity index (χ0v) is 15.1. The number of nitrogens with one attached hydrogen (secondary N) is 1. The first-order valence-electron chi connectivity index (χ1n) is 8.68. The third-order valence-corrected chi connectivity index (χ3v) is 4.50. The van der Waals surface area contributed by atoms with Gasteiger partial charge < -0.3 is 5.32 Å². The highest BCUT2D eigenvalue weighted by atomic mass is 15.3. The van der Waals surface area contributed by atoms with E-state index < -0.39 is 0 Å². The number of aryl methyl sites for hydroxylation is 2. The Morgan fingerprint density at radius 1 is 1.04 bits per heavy atom. The van der Waals surface area contributed by atoms with E-state index in [4.69, 9.17) is 4.98 Å². The first-order valence-corrected chi connectivity index (χ1v) is 8.68. The standard InChI is InChI=1S/C21H18N6/c1-14-11-18-17(12-22)9-6-10-19(18)27(14)21-24-20(15(2)25-26-21)23-13-16-7-4-3-5-8-16/h3-11H,13H2,1-2H3,(H,23,24,26). The predicted octanol–water partition coefficient (Wildman–Crippen LogP) is 3.92. The van der Waals surface area contributed by atoms with Crippen LogP contribution in [0.3, 0.4) is 0 Å². The molecule has 6 heteroatoms. The highest BCUT2D eigenvalue weighted by Gasteiger charge is 2.14. The second-order valence-corrected chi connectivity index (χ2v) is 6.36. The number of benzene rings is 2. The van der Waals surface area contributed by atoms with Crippen LogP contribution in [0.15, 0.2) is 54.6 Å². The Labute approximate surface area is 157 Å². The molecule has 0 unspecified atom stereocenters. The third-order valence-electron chi connectivity index (χ3n) is 4.50. The van der Waals surface area contributed by atoms with Gasteiger partial charge in [-0.15, -0.1) is 10.2 Å². The summed E-state index contributed by atoms with van der Waals surface area (Å²) in [5, 5.41) is 22.1. The van der Waals surface area contributed by atoms with E-state index in [0.29, 0.717) is 23.9 Å². The minimum absolute atomic E-state index is 0.485. The Hall–Kier alpha value is -3.72. The van der Waals surface area contributed by atoms with Gasteiger partial charge >= 0.3 is 0 Å². The van der Waals surface area contributed by atoms with Crippen molar-refractivity contribution in [2.45, 2.75) is 20.4 Å². The van der Waals surface area contributed by atoms with Crippen LogP contribution in [-0.2, 0) is 6.54 Å². The van der Waals surface area contributed by atoms with E-state index in [1.165, 1.54) is 5.56 Å². The summed E-state index contributed by atoms with van der Waals surface area (Å²) in [6.45, 7) is 4.51. The van der Waals surface area contributed by atoms with Gasteiger partial charge in [-0.1, -0.05) is 36.4 Å². The molecule has 0 aliphatic heterocycles. The summed E-state index contributed by atoms with van der Waals surface area (Å²) in [6.07, 6.45) is 0. The maximum atomic E-state index is 9.35. The third kappa shape index (κ3) is 3.11. The molecule has 4 aromatic rings. The number of nitriles is 1. The van der Waals surface area contributed by atoms with Gasteiger partial charge in [-0.25, -0.2) is 0 Å². The van der Waals surface area contributed by atoms with Gasteiger partial charge in [0.15, 0.2) is 5.82 Å². The maximum Gasteiger partial charge on any atom is 0.256 e. The smallest absolute Gasteiger partial charge is 0.256 e. The molecule has 0 saturated carbocycles. The molecule has 0 fully saturated rings. The van der Waals surface area contributed by atoms with E-state index in [2.05, 4.69) is 33.7 Å². The molecule has 0 aliphatic rings. The fourth-order valence-electron chi connectivity index (χ4n) is 3.14. The van der Waals surface area contributed by atoms with Gasteiger partial charge in [0.2, 0.25) is 0 Å². The molecule has 0 bridgehead atoms. The molecule has 0 radical (unpaired) electrons. The largest absolute Gasteiger partial charge is 0.364 e. The van der Waals surface area contributed by atoms with Gasteiger partial charge in [0.25, 0.3) is 5.95 Å². The second kappa shape index (κ2) is 6.89. The normalized spacial score (nSPS) is 10.7. The van der Waals surface area contributed by atoms with Gasteiger partial charge in [-0.2, -0.15) is 10.2 Å². The summed E-state index contributed by atoms with van der Waals surface area (Å²) in [5.74, 6) is 1.18. The number of rotatable bonds is 4. The number of nitrogens with zero attached hydrogens (tertiary/aromatic N) is 5. The van der Waals surface area contributed by atoms with Crippen molar-refractivity contribution >= 4 is 16.7 Å². The molecule has 0 aliphatic carbocycles. The molecule has 6 nitrogen and oxygen atoms in total. The van der Waals surface area contributed by atoms with E-state index in [9.17, 15) is 5.26 Å². The minimum atomic E-state index is 0.485. The number of aromatic nitrogens is 4. The summed E-state index contributed by atoms with van der Waals surface area (Å²) in [6, 6.07) is 20.0. The highest BCUT2D eigenvalue weighted by Crippen LogP contribution is 2.25. The van der Waals surface area contributed by atoms with Crippen molar-refractivity contribution in [2.24, 2.45) is 0 Å². The number of anilines is 1. The quantitative estimate of drug-likeness (QED) is 0.601. The SMILES string of the molecule is Cc1nnc(-n2c(C)cc3c(C#N)cccc32)nc1NCc1ccccc1. The van der Waals surface area contributed by atoms with E-state index >= 15 is 0 Å². The zero-order valence-electron chi connectivity index (χ0n) is 15.1. The van der Waals surface area contributed by atoms with Crippen molar-refractivity contribution < 1.29 is 0 Å². The molecule has 0 saturated heterocycles. The molecule has 132 valence electrons. The number of hydrogen-bond donors (Lipinski definition) is 1. The zero-order chi connectivity index (χ0) is 18.8. The predicted molar refractivity (Wildman–Crippen MR) is 105 cm³/mol. The first-order chi connectivity index (χ1) is 13.2. The van der Waals surface area contributed by atoms with Crippen LogP contribution in [0.1, 0.15) is 22.5 Å². The topological polar surface area (TPSA) is 79.4 Å². The molecule has 4 rings (SSSR count). The Balaban J connectivity index is 1.74. The van der Waals surface area contributed by atoms with Crippen LogP contribution in [0, 0.1) is 25.2 Å². The van der Waals surface area contributed by atoms with Gasteiger partial charge in [0.05, 0.1) is 17.1 Å². The minimum Gasteiger partial charge on any atom is -0.364 e. The molecule has 27 heavy (non-hydrogen) atoms. The van der Waals surface area contributed by atoms with Crippen LogP contribution in [-0.4, -0.2) is 19.7 Å². The van der Waals surface area contributed by atoms with Crippen LogP contribution < -0.4 is 5.32 Å². The Kier molecular flexibility index (Phi) is 4.27. The van der Waals surface area contributed by atoms with E-state index in [-0.39, 0.29) is 0 Å². The van der Waals surface area contributed by atoms with Crippen molar-refractivity contribution in [3.63, 3.8) is 0 Å². The van der Waals surface area contributed by atoms with Crippen LogP contribution in [0.2, 0.25) is 0 Å². The molecule has 0 atom stereocenters. The molecule has 2 aromatic carbocycles. The molecule has 2 heterocycles. The second-order valence-electron chi connectivity index (χ2n) is 6.36. The van der Waals surface area contributed by atoms with Gasteiger partial charge in [0.1, 0.15) is 5.69 Å². The van der Waals surface area contributed by atoms with Gasteiger partial charge in [0, 0.05) is 17.6 Å². The van der Waals surface area contributed by atoms with Crippen molar-refractivity contribution in [3.05, 3.63) is 77.1 Å². The Bertz CT molecular complexity index is 1150. The van der Waals surface area contributed by atoms with E-state index in [1.54, 1.807) is 0 Å². The van der Waals surface area contributed by atoms with Crippen LogP contribution >= 0.6 is 0 Å². The van der Waals surface area contributed by atoms with Crippen LogP contribution in [0.25, 0.3) is 16.9 Å². The van der Waals surface area contributed by atoms with Crippen molar-refractivity contribution in [1.29, 1.82) is 5.26 Å². The summed E-state index contributed by atoms with van der Waals surface area (Å²) >= 11 is 0. The Morgan fingerprint density at radius 3 is 2.63 bits per heavy atom. The average Bonchev–Trinajstić information content (AvgIpc) is 3.04. The van der Waals surface area contributed by atoms with Crippen LogP contribution in [0.4, 0.5) is 5.82 Å². The fourth-order valence-corrected chi connectivity index (χ4v) is 3.14. The summed E-state index contributed by atoms with van der Waals surface area (Å²) in [4.78, 5) is 4.69. The van der Waals surface area contributed by atoms with E-state index in [1.807, 2.05) is 60.9 Å². The lowest BCUT2D eigenvalue weighted by Crippen LogP contribution is -2.10. The molecular weight excluding hydrogens is 336 g/mol. The maximum absolute atomic E-state index is 9.35. The molecule has 0 spiro atoms. The average molecular weight is 354 g/mol. The first kappa shape index (κ1) is 16.7. The summed E-state index contributed by atoms with van der Waals surface area (Å²) in [5.41, 5.74) is 4.38. The fraction of sp³-hybridized carbons (Fsp3) is 0.143. The number of hydrogen-bond acceptors (Lipinski definition) is 5. The van der Waals surface area contributed by atoms with E-state index in [0.717, 1.165) is 22.3 Å². The lowest BCUT2D eigenvalue weighted by molar-refractivity contribution is 0.835. The summed E-state index contributed by atoms with van der Waals surface area (Å²) < 4.78 is 1.93. The Morgan fingerprint density at radius 2 is 1.85 bits per heavy atom. The monoisotopic (exact) mass is 354 g/mol. The van der Waals surface area contributed by atoms with Crippen molar-refractivity contribution in [2.75, 3.05) is 5.32 Å². The van der Waals surface area contributed by atoms with Gasteiger partial charge in [-0.3, -0.25) is 4.57 Å². The lowest BCUT2D eigenvalue weighted by atomic mass is 10.1. The van der Waals surface area contributed by atoms with Crippen molar-refractivity contribution in [1.82, 2.24) is 19.7 Å².